The number of thioether (sulfide) groups is 1. The maximum Gasteiger partial charge on any atom is 0.341 e. The first-order valence-electron chi connectivity index (χ1n) is 7.19. The largest absolute Gasteiger partial charge is 0.477 e. The summed E-state index contributed by atoms with van der Waals surface area (Å²) in [6.07, 6.45) is 0. The Bertz CT molecular complexity index is 772. The fourth-order valence-corrected chi connectivity index (χ4v) is 3.96. The zero-order chi connectivity index (χ0) is 17.9. The van der Waals surface area contributed by atoms with Crippen LogP contribution < -0.4 is 5.32 Å². The van der Waals surface area contributed by atoms with Gasteiger partial charge in [-0.25, -0.2) is 9.59 Å². The van der Waals surface area contributed by atoms with Crippen LogP contribution in [0, 0.1) is 13.8 Å². The molecule has 2 N–H and O–H groups in total. The van der Waals surface area contributed by atoms with Gasteiger partial charge in [0, 0.05) is 19.8 Å². The molecular formula is C16H19N3O3S2. The van der Waals surface area contributed by atoms with Crippen molar-refractivity contribution in [2.24, 2.45) is 0 Å². The fourth-order valence-electron chi connectivity index (χ4n) is 1.96. The van der Waals surface area contributed by atoms with E-state index < -0.39 is 5.97 Å². The number of anilines is 1. The third kappa shape index (κ3) is 4.27. The van der Waals surface area contributed by atoms with Gasteiger partial charge >= 0.3 is 12.0 Å². The van der Waals surface area contributed by atoms with Crippen LogP contribution in [0.15, 0.2) is 23.2 Å². The number of amides is 2. The SMILES string of the molecule is Cc1ccc(C)c(CSc2nsc(NC(=O)N(C)C)c2C(=O)O)c1. The van der Waals surface area contributed by atoms with Gasteiger partial charge in [-0.3, -0.25) is 5.32 Å². The Balaban J connectivity index is 2.21. The third-order valence-electron chi connectivity index (χ3n) is 3.37. The minimum Gasteiger partial charge on any atom is -0.477 e. The van der Waals surface area contributed by atoms with Crippen LogP contribution in [-0.4, -0.2) is 40.5 Å². The molecule has 0 bridgehead atoms. The maximum absolute atomic E-state index is 11.8. The average Bonchev–Trinajstić information content (AvgIpc) is 2.90. The molecule has 0 aliphatic carbocycles. The molecule has 6 nitrogen and oxygen atoms in total. The molecule has 0 fully saturated rings. The summed E-state index contributed by atoms with van der Waals surface area (Å²) in [5.41, 5.74) is 3.50. The number of urea groups is 1. The van der Waals surface area contributed by atoms with Crippen molar-refractivity contribution in [1.29, 1.82) is 0 Å². The third-order valence-corrected chi connectivity index (χ3v) is 5.27. The summed E-state index contributed by atoms with van der Waals surface area (Å²) in [4.78, 5) is 24.7. The lowest BCUT2D eigenvalue weighted by Crippen LogP contribution is -2.27. The van der Waals surface area contributed by atoms with E-state index in [1.165, 1.54) is 16.7 Å². The summed E-state index contributed by atoms with van der Waals surface area (Å²) in [6, 6.07) is 5.80. The van der Waals surface area contributed by atoms with Crippen molar-refractivity contribution in [1.82, 2.24) is 9.27 Å². The number of carboxylic acid groups (broad SMARTS) is 1. The van der Waals surface area contributed by atoms with Crippen LogP contribution in [0.3, 0.4) is 0 Å². The highest BCUT2D eigenvalue weighted by atomic mass is 32.2. The summed E-state index contributed by atoms with van der Waals surface area (Å²) >= 11 is 2.34. The first-order chi connectivity index (χ1) is 11.3. The van der Waals surface area contributed by atoms with Crippen molar-refractivity contribution in [3.63, 3.8) is 0 Å². The molecule has 0 spiro atoms. The minimum absolute atomic E-state index is 0.0468. The zero-order valence-corrected chi connectivity index (χ0v) is 15.5. The van der Waals surface area contributed by atoms with E-state index in [1.54, 1.807) is 14.1 Å². The monoisotopic (exact) mass is 365 g/mol. The maximum atomic E-state index is 11.8. The number of nitrogens with zero attached hydrogens (tertiary/aromatic N) is 2. The first-order valence-corrected chi connectivity index (χ1v) is 8.95. The van der Waals surface area contributed by atoms with E-state index in [1.807, 2.05) is 26.0 Å². The van der Waals surface area contributed by atoms with Crippen molar-refractivity contribution >= 4 is 40.3 Å². The van der Waals surface area contributed by atoms with Crippen molar-refractivity contribution < 1.29 is 14.7 Å². The molecule has 2 amide bonds. The number of nitrogens with one attached hydrogen (secondary N) is 1. The number of benzene rings is 1. The number of aromatic carboxylic acids is 1. The Morgan fingerprint density at radius 2 is 2.04 bits per heavy atom. The first kappa shape index (κ1) is 18.3. The molecule has 1 heterocycles. The standard InChI is InChI=1S/C16H19N3O3S2/c1-9-5-6-10(2)11(7-9)8-23-14-12(15(20)21)13(24-18-14)17-16(22)19(3)4/h5-7H,8H2,1-4H3,(H,17,22)(H,20,21). The molecule has 0 atom stereocenters. The Kier molecular flexibility index (Phi) is 5.84. The van der Waals surface area contributed by atoms with Crippen LogP contribution in [0.1, 0.15) is 27.0 Å². The smallest absolute Gasteiger partial charge is 0.341 e. The van der Waals surface area contributed by atoms with E-state index in [-0.39, 0.29) is 16.6 Å². The molecule has 128 valence electrons. The van der Waals surface area contributed by atoms with E-state index in [0.29, 0.717) is 10.8 Å². The van der Waals surface area contributed by atoms with Crippen LogP contribution in [0.4, 0.5) is 9.80 Å². The number of hydrogen-bond donors (Lipinski definition) is 2. The molecular weight excluding hydrogens is 346 g/mol. The van der Waals surface area contributed by atoms with Gasteiger partial charge in [0.2, 0.25) is 0 Å². The number of rotatable bonds is 5. The quantitative estimate of drug-likeness (QED) is 0.787. The summed E-state index contributed by atoms with van der Waals surface area (Å²) in [7, 11) is 3.18. The van der Waals surface area contributed by atoms with Gasteiger partial charge < -0.3 is 10.0 Å². The zero-order valence-electron chi connectivity index (χ0n) is 13.9. The molecule has 2 rings (SSSR count). The van der Waals surface area contributed by atoms with Crippen LogP contribution in [0.25, 0.3) is 0 Å². The average molecular weight is 365 g/mol. The van der Waals surface area contributed by atoms with Gasteiger partial charge in [0.1, 0.15) is 15.6 Å². The van der Waals surface area contributed by atoms with Gasteiger partial charge in [-0.15, -0.1) is 0 Å². The van der Waals surface area contributed by atoms with Crippen molar-refractivity contribution in [2.75, 3.05) is 19.4 Å². The second-order valence-corrected chi connectivity index (χ2v) is 7.28. The van der Waals surface area contributed by atoms with Crippen LogP contribution in [-0.2, 0) is 5.75 Å². The van der Waals surface area contributed by atoms with Crippen molar-refractivity contribution in [3.05, 3.63) is 40.5 Å². The molecule has 0 aliphatic rings. The predicted molar refractivity (Wildman–Crippen MR) is 97.3 cm³/mol. The van der Waals surface area contributed by atoms with Gasteiger partial charge in [0.05, 0.1) is 0 Å². The molecule has 0 radical (unpaired) electrons. The summed E-state index contributed by atoms with van der Waals surface area (Å²) in [6.45, 7) is 4.05. The molecule has 2 aromatic rings. The molecule has 0 aliphatic heterocycles. The Morgan fingerprint density at radius 1 is 1.33 bits per heavy atom. The predicted octanol–water partition coefficient (Wildman–Crippen LogP) is 3.84. The molecule has 8 heteroatoms. The van der Waals surface area contributed by atoms with Crippen LogP contribution >= 0.6 is 23.3 Å². The number of aryl methyl sites for hydroxylation is 2. The van der Waals surface area contributed by atoms with Gasteiger partial charge in [-0.1, -0.05) is 35.5 Å². The van der Waals surface area contributed by atoms with Crippen molar-refractivity contribution in [3.8, 4) is 0 Å². The number of hydrogen-bond acceptors (Lipinski definition) is 5. The Labute approximate surface area is 149 Å². The molecule has 1 aromatic carbocycles. The fraction of sp³-hybridized carbons (Fsp3) is 0.312. The summed E-state index contributed by atoms with van der Waals surface area (Å²) in [5.74, 6) is -0.472. The lowest BCUT2D eigenvalue weighted by molar-refractivity contribution is 0.0694. The van der Waals surface area contributed by atoms with E-state index in [0.717, 1.165) is 28.2 Å². The summed E-state index contributed by atoms with van der Waals surface area (Å²) < 4.78 is 4.21. The highest BCUT2D eigenvalue weighted by Crippen LogP contribution is 2.34. The van der Waals surface area contributed by atoms with Gasteiger partial charge in [0.25, 0.3) is 0 Å². The second kappa shape index (κ2) is 7.67. The number of carbonyl (C=O) groups is 2. The number of aromatic nitrogens is 1. The normalized spacial score (nSPS) is 10.5. The lowest BCUT2D eigenvalue weighted by atomic mass is 10.1. The molecule has 1 aromatic heterocycles. The molecule has 24 heavy (non-hydrogen) atoms. The van der Waals surface area contributed by atoms with E-state index in [4.69, 9.17) is 0 Å². The molecule has 0 saturated carbocycles. The van der Waals surface area contributed by atoms with Gasteiger partial charge in [0.15, 0.2) is 0 Å². The number of carboxylic acids is 1. The Morgan fingerprint density at radius 3 is 2.67 bits per heavy atom. The second-order valence-electron chi connectivity index (χ2n) is 5.54. The number of carbonyl (C=O) groups excluding carboxylic acids is 1. The molecule has 0 unspecified atom stereocenters. The highest BCUT2D eigenvalue weighted by Gasteiger charge is 2.22. The van der Waals surface area contributed by atoms with Crippen LogP contribution in [0.5, 0.6) is 0 Å². The van der Waals surface area contributed by atoms with Crippen molar-refractivity contribution in [2.45, 2.75) is 24.6 Å². The van der Waals surface area contributed by atoms with Gasteiger partial charge in [-0.2, -0.15) is 4.37 Å². The van der Waals surface area contributed by atoms with Crippen LogP contribution in [0.2, 0.25) is 0 Å². The van der Waals surface area contributed by atoms with E-state index in [2.05, 4.69) is 15.8 Å². The summed E-state index contributed by atoms with van der Waals surface area (Å²) in [5, 5.41) is 12.7. The van der Waals surface area contributed by atoms with E-state index >= 15 is 0 Å². The van der Waals surface area contributed by atoms with Gasteiger partial charge in [-0.05, 0) is 36.5 Å². The lowest BCUT2D eigenvalue weighted by Gasteiger charge is -2.11. The Hall–Kier alpha value is -2.06. The topological polar surface area (TPSA) is 82.5 Å². The minimum atomic E-state index is -1.10. The van der Waals surface area contributed by atoms with E-state index in [9.17, 15) is 14.7 Å². The highest BCUT2D eigenvalue weighted by molar-refractivity contribution is 7.98. The molecule has 0 saturated heterocycles.